The van der Waals surface area contributed by atoms with Crippen molar-refractivity contribution in [2.45, 2.75) is 46.7 Å². The average Bonchev–Trinajstić information content (AvgIpc) is 2.54. The molecule has 1 saturated heterocycles. The number of aryl methyl sites for hydroxylation is 1. The first kappa shape index (κ1) is 20.3. The molecule has 1 aliphatic rings. The molecule has 26 heavy (non-hydrogen) atoms. The van der Waals surface area contributed by atoms with Crippen molar-refractivity contribution in [2.75, 3.05) is 18.4 Å². The minimum absolute atomic E-state index is 0.0460. The fraction of sp³-hybridized carbons (Fsp3) is 0.579. The summed E-state index contributed by atoms with van der Waals surface area (Å²) >= 11 is 0. The lowest BCUT2D eigenvalue weighted by Gasteiger charge is -2.35. The number of alkyl halides is 3. The van der Waals surface area contributed by atoms with Crippen molar-refractivity contribution in [3.05, 3.63) is 29.3 Å². The van der Waals surface area contributed by atoms with Gasteiger partial charge in [0.25, 0.3) is 0 Å². The molecule has 4 nitrogen and oxygen atoms in total. The molecule has 0 aromatic heterocycles. The normalized spacial score (nSPS) is 16.5. The second kappa shape index (κ2) is 7.29. The molecular formula is C19H25F3N2O2. The van der Waals surface area contributed by atoms with Gasteiger partial charge in [-0.05, 0) is 37.5 Å². The van der Waals surface area contributed by atoms with Gasteiger partial charge in [0.15, 0.2) is 0 Å². The van der Waals surface area contributed by atoms with Gasteiger partial charge in [0.2, 0.25) is 11.8 Å². The zero-order chi connectivity index (χ0) is 19.7. The number of halogens is 3. The maximum absolute atomic E-state index is 13.0. The van der Waals surface area contributed by atoms with E-state index < -0.39 is 17.2 Å². The summed E-state index contributed by atoms with van der Waals surface area (Å²) in [5, 5.41) is 2.58. The van der Waals surface area contributed by atoms with Gasteiger partial charge in [-0.2, -0.15) is 13.2 Å². The van der Waals surface area contributed by atoms with Crippen LogP contribution < -0.4 is 5.32 Å². The summed E-state index contributed by atoms with van der Waals surface area (Å²) in [5.74, 6) is -0.566. The molecule has 1 N–H and O–H groups in total. The maximum atomic E-state index is 13.0. The standard InChI is InChI=1S/C19H25F3N2O2/c1-12-5-6-14(11-15(12)19(20,21)22)23-16(25)13-7-9-24(10-8-13)17(26)18(2,3)4/h5-6,11,13H,7-10H2,1-4H3,(H,23,25). The van der Waals surface area contributed by atoms with Gasteiger partial charge in [-0.25, -0.2) is 0 Å². The van der Waals surface area contributed by atoms with Crippen LogP contribution in [0, 0.1) is 18.3 Å². The van der Waals surface area contributed by atoms with Gasteiger partial charge < -0.3 is 10.2 Å². The molecule has 1 fully saturated rings. The summed E-state index contributed by atoms with van der Waals surface area (Å²) in [6.45, 7) is 7.90. The molecule has 0 saturated carbocycles. The Kier molecular flexibility index (Phi) is 5.68. The van der Waals surface area contributed by atoms with E-state index in [4.69, 9.17) is 0 Å². The second-order valence-electron chi connectivity index (χ2n) is 7.83. The third-order valence-corrected chi connectivity index (χ3v) is 4.61. The SMILES string of the molecule is Cc1ccc(NC(=O)C2CCN(C(=O)C(C)(C)C)CC2)cc1C(F)(F)F. The Bertz CT molecular complexity index is 685. The number of carbonyl (C=O) groups excluding carboxylic acids is 2. The van der Waals surface area contributed by atoms with Crippen molar-refractivity contribution in [3.8, 4) is 0 Å². The number of rotatable bonds is 2. The zero-order valence-electron chi connectivity index (χ0n) is 15.5. The van der Waals surface area contributed by atoms with Crippen LogP contribution in [0.1, 0.15) is 44.7 Å². The van der Waals surface area contributed by atoms with Crippen molar-refractivity contribution in [3.63, 3.8) is 0 Å². The van der Waals surface area contributed by atoms with E-state index in [-0.39, 0.29) is 29.0 Å². The Morgan fingerprint density at radius 3 is 2.19 bits per heavy atom. The van der Waals surface area contributed by atoms with Crippen LogP contribution >= 0.6 is 0 Å². The van der Waals surface area contributed by atoms with Crippen molar-refractivity contribution in [2.24, 2.45) is 11.3 Å². The van der Waals surface area contributed by atoms with Gasteiger partial charge >= 0.3 is 6.18 Å². The lowest BCUT2D eigenvalue weighted by molar-refractivity contribution is -0.142. The van der Waals surface area contributed by atoms with Crippen LogP contribution in [0.5, 0.6) is 0 Å². The molecule has 0 atom stereocenters. The van der Waals surface area contributed by atoms with Crippen LogP contribution in [0.4, 0.5) is 18.9 Å². The van der Waals surface area contributed by atoms with E-state index in [2.05, 4.69) is 5.32 Å². The number of hydrogen-bond acceptors (Lipinski definition) is 2. The number of amides is 2. The third-order valence-electron chi connectivity index (χ3n) is 4.61. The van der Waals surface area contributed by atoms with Gasteiger partial charge in [-0.3, -0.25) is 9.59 Å². The predicted octanol–water partition coefficient (Wildman–Crippen LogP) is 4.24. The molecule has 0 aliphatic carbocycles. The first-order valence-corrected chi connectivity index (χ1v) is 8.67. The summed E-state index contributed by atoms with van der Waals surface area (Å²) in [6.07, 6.45) is -3.44. The molecule has 1 aliphatic heterocycles. The van der Waals surface area contributed by atoms with Crippen LogP contribution in [0.3, 0.4) is 0 Å². The minimum Gasteiger partial charge on any atom is -0.342 e. The van der Waals surface area contributed by atoms with E-state index in [0.29, 0.717) is 25.9 Å². The Hall–Kier alpha value is -2.05. The van der Waals surface area contributed by atoms with Gasteiger partial charge in [0.05, 0.1) is 5.56 Å². The van der Waals surface area contributed by atoms with Crippen molar-refractivity contribution in [1.82, 2.24) is 4.90 Å². The summed E-state index contributed by atoms with van der Waals surface area (Å²) in [4.78, 5) is 26.4. The van der Waals surface area contributed by atoms with Gasteiger partial charge in [-0.1, -0.05) is 26.8 Å². The summed E-state index contributed by atoms with van der Waals surface area (Å²) in [7, 11) is 0. The number of nitrogens with zero attached hydrogens (tertiary/aromatic N) is 1. The smallest absolute Gasteiger partial charge is 0.342 e. The number of nitrogens with one attached hydrogen (secondary N) is 1. The van der Waals surface area contributed by atoms with Gasteiger partial charge in [0, 0.05) is 30.1 Å². The molecule has 2 amide bonds. The molecule has 1 aromatic rings. The third kappa shape index (κ3) is 4.77. The van der Waals surface area contributed by atoms with Crippen molar-refractivity contribution < 1.29 is 22.8 Å². The Morgan fingerprint density at radius 2 is 1.69 bits per heavy atom. The maximum Gasteiger partial charge on any atom is 0.416 e. The van der Waals surface area contributed by atoms with Gasteiger partial charge in [0.1, 0.15) is 0 Å². The van der Waals surface area contributed by atoms with Gasteiger partial charge in [-0.15, -0.1) is 0 Å². The van der Waals surface area contributed by atoms with Crippen LogP contribution in [-0.4, -0.2) is 29.8 Å². The molecule has 0 spiro atoms. The van der Waals surface area contributed by atoms with E-state index in [1.54, 1.807) is 4.90 Å². The first-order valence-electron chi connectivity index (χ1n) is 8.67. The lowest BCUT2D eigenvalue weighted by Crippen LogP contribution is -2.45. The molecular weight excluding hydrogens is 345 g/mol. The van der Waals surface area contributed by atoms with Crippen molar-refractivity contribution in [1.29, 1.82) is 0 Å². The topological polar surface area (TPSA) is 49.4 Å². The van der Waals surface area contributed by atoms with E-state index in [1.807, 2.05) is 20.8 Å². The fourth-order valence-corrected chi connectivity index (χ4v) is 3.07. The number of carbonyl (C=O) groups is 2. The highest BCUT2D eigenvalue weighted by Gasteiger charge is 2.34. The quantitative estimate of drug-likeness (QED) is 0.847. The lowest BCUT2D eigenvalue weighted by atomic mass is 9.90. The number of likely N-dealkylation sites (tertiary alicyclic amines) is 1. The van der Waals surface area contributed by atoms with Crippen molar-refractivity contribution >= 4 is 17.5 Å². The number of anilines is 1. The Labute approximate surface area is 151 Å². The number of hydrogen-bond donors (Lipinski definition) is 1. The summed E-state index contributed by atoms with van der Waals surface area (Å²) < 4.78 is 39.0. The number of benzene rings is 1. The van der Waals surface area contributed by atoms with Crippen LogP contribution in [0.25, 0.3) is 0 Å². The Morgan fingerprint density at radius 1 is 1.12 bits per heavy atom. The second-order valence-corrected chi connectivity index (χ2v) is 7.83. The molecule has 1 heterocycles. The van der Waals surface area contributed by atoms with E-state index in [1.165, 1.54) is 19.1 Å². The first-order chi connectivity index (χ1) is 11.9. The molecule has 0 bridgehead atoms. The highest BCUT2D eigenvalue weighted by Crippen LogP contribution is 2.33. The van der Waals surface area contributed by atoms with Crippen LogP contribution in [0.2, 0.25) is 0 Å². The summed E-state index contributed by atoms with van der Waals surface area (Å²) in [6, 6.07) is 3.79. The summed E-state index contributed by atoms with van der Waals surface area (Å²) in [5.41, 5.74) is -0.961. The Balaban J connectivity index is 1.99. The van der Waals surface area contributed by atoms with E-state index in [0.717, 1.165) is 6.07 Å². The zero-order valence-corrected chi connectivity index (χ0v) is 15.5. The molecule has 1 aromatic carbocycles. The molecule has 0 unspecified atom stereocenters. The molecule has 0 radical (unpaired) electrons. The highest BCUT2D eigenvalue weighted by molar-refractivity contribution is 5.93. The monoisotopic (exact) mass is 370 g/mol. The fourth-order valence-electron chi connectivity index (χ4n) is 3.07. The average molecular weight is 370 g/mol. The van der Waals surface area contributed by atoms with E-state index in [9.17, 15) is 22.8 Å². The highest BCUT2D eigenvalue weighted by atomic mass is 19.4. The largest absolute Gasteiger partial charge is 0.416 e. The number of piperidine rings is 1. The predicted molar refractivity (Wildman–Crippen MR) is 93.6 cm³/mol. The van der Waals surface area contributed by atoms with E-state index >= 15 is 0 Å². The molecule has 144 valence electrons. The molecule has 7 heteroatoms. The van der Waals surface area contributed by atoms with Crippen LogP contribution in [0.15, 0.2) is 18.2 Å². The van der Waals surface area contributed by atoms with Crippen LogP contribution in [-0.2, 0) is 15.8 Å². The molecule has 2 rings (SSSR count). The minimum atomic E-state index is -4.45.